The van der Waals surface area contributed by atoms with Crippen LogP contribution < -0.4 is 15.0 Å². The summed E-state index contributed by atoms with van der Waals surface area (Å²) in [5.74, 6) is 1.71. The molecule has 7 nitrogen and oxygen atoms in total. The van der Waals surface area contributed by atoms with E-state index in [0.29, 0.717) is 23.5 Å². The summed E-state index contributed by atoms with van der Waals surface area (Å²) in [6.07, 6.45) is 9.89. The van der Waals surface area contributed by atoms with E-state index in [0.717, 1.165) is 45.3 Å². The molecular weight excluding hydrogens is 526 g/mol. The molecule has 1 aromatic heterocycles. The van der Waals surface area contributed by atoms with E-state index in [2.05, 4.69) is 34.1 Å². The van der Waals surface area contributed by atoms with Crippen LogP contribution >= 0.6 is 0 Å². The molecular formula is C35H37N3O4. The van der Waals surface area contributed by atoms with E-state index in [-0.39, 0.29) is 5.57 Å². The number of hydrogen-bond acceptors (Lipinski definition) is 4. The summed E-state index contributed by atoms with van der Waals surface area (Å²) in [7, 11) is 0. The molecule has 1 saturated heterocycles. The summed E-state index contributed by atoms with van der Waals surface area (Å²) in [5, 5.41) is 2.33. The number of para-hydroxylation sites is 2. The Hall–Kier alpha value is -4.13. The molecule has 216 valence electrons. The van der Waals surface area contributed by atoms with Gasteiger partial charge in [0.15, 0.2) is 0 Å². The van der Waals surface area contributed by atoms with Gasteiger partial charge >= 0.3 is 6.03 Å². The fourth-order valence-corrected chi connectivity index (χ4v) is 8.71. The number of imide groups is 2. The number of rotatable bonds is 6. The smallest absolute Gasteiger partial charge is 0.336 e. The number of nitrogens with one attached hydrogen (secondary N) is 1. The van der Waals surface area contributed by atoms with Gasteiger partial charge in [0.25, 0.3) is 11.8 Å². The normalized spacial score (nSPS) is 27.6. The number of hydrogen-bond donors (Lipinski definition) is 1. The summed E-state index contributed by atoms with van der Waals surface area (Å²) in [4.78, 5) is 40.3. The molecule has 8 rings (SSSR count). The number of ether oxygens (including phenoxy) is 1. The first-order chi connectivity index (χ1) is 20.3. The lowest BCUT2D eigenvalue weighted by atomic mass is 9.48. The highest BCUT2D eigenvalue weighted by Gasteiger charge is 2.51. The predicted molar refractivity (Wildman–Crippen MR) is 162 cm³/mol. The second-order valence-corrected chi connectivity index (χ2v) is 12.8. The third-order valence-electron chi connectivity index (χ3n) is 10.1. The van der Waals surface area contributed by atoms with Gasteiger partial charge in [-0.1, -0.05) is 24.3 Å². The Kier molecular flexibility index (Phi) is 6.37. The highest BCUT2D eigenvalue weighted by atomic mass is 16.5. The van der Waals surface area contributed by atoms with Gasteiger partial charge in [0.05, 0.1) is 12.3 Å². The molecule has 0 spiro atoms. The second kappa shape index (κ2) is 10.0. The van der Waals surface area contributed by atoms with E-state index in [1.54, 1.807) is 30.3 Å². The molecule has 3 aromatic rings. The van der Waals surface area contributed by atoms with Crippen molar-refractivity contribution in [3.8, 4) is 11.4 Å². The molecule has 1 aliphatic heterocycles. The van der Waals surface area contributed by atoms with Crippen LogP contribution in [-0.4, -0.2) is 29.0 Å². The monoisotopic (exact) mass is 563 g/mol. The van der Waals surface area contributed by atoms with Crippen molar-refractivity contribution in [1.82, 2.24) is 9.88 Å². The standard InChI is InChI=1S/C35H37N3O4/c1-4-42-31-8-6-5-7-30(31)38-33(40)29(32(39)36-34(38)41)17-26-13-21(2)37(22(26)3)28-11-9-27(10-12-28)35-18-23-14-24(19-35)16-25(15-23)20-35/h5-13,17,23-25H,4,14-16,18-20H2,1-3H3,(H,36,39,41)/b29-17+. The van der Waals surface area contributed by atoms with Crippen molar-refractivity contribution in [2.45, 2.75) is 64.7 Å². The van der Waals surface area contributed by atoms with Crippen molar-refractivity contribution in [3.05, 3.63) is 82.7 Å². The lowest BCUT2D eigenvalue weighted by molar-refractivity contribution is -0.122. The van der Waals surface area contributed by atoms with E-state index in [1.165, 1.54) is 44.1 Å². The van der Waals surface area contributed by atoms with Crippen LogP contribution in [-0.2, 0) is 15.0 Å². The number of barbiturate groups is 1. The minimum atomic E-state index is -0.793. The van der Waals surface area contributed by atoms with Gasteiger partial charge in [0, 0.05) is 17.1 Å². The van der Waals surface area contributed by atoms with Gasteiger partial charge < -0.3 is 9.30 Å². The molecule has 0 atom stereocenters. The highest BCUT2D eigenvalue weighted by Crippen LogP contribution is 2.60. The van der Waals surface area contributed by atoms with Crippen LogP contribution in [0.25, 0.3) is 11.8 Å². The van der Waals surface area contributed by atoms with E-state index in [1.807, 2.05) is 26.8 Å². The quantitative estimate of drug-likeness (QED) is 0.270. The molecule has 4 amide bonds. The van der Waals surface area contributed by atoms with Crippen LogP contribution in [0, 0.1) is 31.6 Å². The molecule has 0 radical (unpaired) electrons. The van der Waals surface area contributed by atoms with Gasteiger partial charge in [-0.15, -0.1) is 0 Å². The molecule has 4 bridgehead atoms. The zero-order valence-electron chi connectivity index (χ0n) is 24.5. The van der Waals surface area contributed by atoms with Crippen LogP contribution in [0.15, 0.2) is 60.2 Å². The van der Waals surface area contributed by atoms with E-state index >= 15 is 0 Å². The first-order valence-electron chi connectivity index (χ1n) is 15.2. The minimum absolute atomic E-state index is 0.0988. The van der Waals surface area contributed by atoms with Crippen LogP contribution in [0.2, 0.25) is 0 Å². The van der Waals surface area contributed by atoms with Crippen molar-refractivity contribution < 1.29 is 19.1 Å². The first kappa shape index (κ1) is 26.7. The third kappa shape index (κ3) is 4.29. The molecule has 5 aliphatic rings. The molecule has 4 saturated carbocycles. The van der Waals surface area contributed by atoms with Crippen molar-refractivity contribution >= 4 is 29.6 Å². The topological polar surface area (TPSA) is 80.6 Å². The Bertz CT molecular complexity index is 1590. The Balaban J connectivity index is 1.19. The predicted octanol–water partition coefficient (Wildman–Crippen LogP) is 6.63. The van der Waals surface area contributed by atoms with E-state index in [4.69, 9.17) is 4.74 Å². The Morgan fingerprint density at radius 1 is 0.929 bits per heavy atom. The van der Waals surface area contributed by atoms with Gasteiger partial charge in [-0.2, -0.15) is 0 Å². The van der Waals surface area contributed by atoms with Crippen molar-refractivity contribution in [2.24, 2.45) is 17.8 Å². The van der Waals surface area contributed by atoms with Crippen molar-refractivity contribution in [1.29, 1.82) is 0 Å². The number of nitrogens with zero attached hydrogens (tertiary/aromatic N) is 2. The SMILES string of the molecule is CCOc1ccccc1N1C(=O)NC(=O)/C(=C\c2cc(C)n(-c3ccc(C45CC6CC(CC(C6)C4)C5)cc3)c2C)C1=O. The van der Waals surface area contributed by atoms with Crippen molar-refractivity contribution in [3.63, 3.8) is 0 Å². The number of carbonyl (C=O) groups is 3. The molecule has 1 N–H and O–H groups in total. The second-order valence-electron chi connectivity index (χ2n) is 12.8. The number of carbonyl (C=O) groups excluding carboxylic acids is 3. The summed E-state index contributed by atoms with van der Waals surface area (Å²) >= 11 is 0. The number of aromatic nitrogens is 1. The third-order valence-corrected chi connectivity index (χ3v) is 10.1. The van der Waals surface area contributed by atoms with Gasteiger partial charge in [-0.25, -0.2) is 9.69 Å². The van der Waals surface area contributed by atoms with E-state index in [9.17, 15) is 14.4 Å². The maximum atomic E-state index is 13.6. The Morgan fingerprint density at radius 2 is 1.57 bits per heavy atom. The summed E-state index contributed by atoms with van der Waals surface area (Å²) in [6, 6.07) is 17.1. The lowest BCUT2D eigenvalue weighted by Gasteiger charge is -2.57. The zero-order valence-corrected chi connectivity index (χ0v) is 24.5. The highest BCUT2D eigenvalue weighted by molar-refractivity contribution is 6.39. The number of benzene rings is 2. The van der Waals surface area contributed by atoms with Crippen LogP contribution in [0.5, 0.6) is 5.75 Å². The molecule has 2 aromatic carbocycles. The summed E-state index contributed by atoms with van der Waals surface area (Å²) < 4.78 is 7.81. The fourth-order valence-electron chi connectivity index (χ4n) is 8.71. The average molecular weight is 564 g/mol. The average Bonchev–Trinajstić information content (AvgIpc) is 3.23. The Morgan fingerprint density at radius 3 is 2.21 bits per heavy atom. The summed E-state index contributed by atoms with van der Waals surface area (Å²) in [5.41, 5.74) is 5.76. The number of urea groups is 1. The molecule has 7 heteroatoms. The fraction of sp³-hybridized carbons (Fsp3) is 0.400. The van der Waals surface area contributed by atoms with Crippen molar-refractivity contribution in [2.75, 3.05) is 11.5 Å². The minimum Gasteiger partial charge on any atom is -0.492 e. The maximum absolute atomic E-state index is 13.6. The molecule has 0 unspecified atom stereocenters. The van der Waals surface area contributed by atoms with Crippen LogP contribution in [0.4, 0.5) is 10.5 Å². The zero-order chi connectivity index (χ0) is 29.2. The first-order valence-corrected chi connectivity index (χ1v) is 15.2. The molecule has 4 aliphatic carbocycles. The lowest BCUT2D eigenvalue weighted by Crippen LogP contribution is -2.54. The molecule has 42 heavy (non-hydrogen) atoms. The Labute approximate surface area is 246 Å². The van der Waals surface area contributed by atoms with Gasteiger partial charge in [0.2, 0.25) is 0 Å². The summed E-state index contributed by atoms with van der Waals surface area (Å²) in [6.45, 7) is 6.22. The van der Waals surface area contributed by atoms with E-state index < -0.39 is 17.8 Å². The molecule has 2 heterocycles. The maximum Gasteiger partial charge on any atom is 0.336 e. The van der Waals surface area contributed by atoms with Crippen LogP contribution in [0.1, 0.15) is 68.0 Å². The van der Waals surface area contributed by atoms with Crippen LogP contribution in [0.3, 0.4) is 0 Å². The molecule has 5 fully saturated rings. The van der Waals surface area contributed by atoms with Gasteiger partial charge in [0.1, 0.15) is 11.3 Å². The number of aryl methyl sites for hydroxylation is 1. The van der Waals surface area contributed by atoms with Gasteiger partial charge in [-0.3, -0.25) is 14.9 Å². The largest absolute Gasteiger partial charge is 0.492 e. The number of amides is 4. The van der Waals surface area contributed by atoms with Gasteiger partial charge in [-0.05, 0) is 130 Å². The number of anilines is 1.